The summed E-state index contributed by atoms with van der Waals surface area (Å²) in [7, 11) is 0. The molecule has 0 fully saturated rings. The van der Waals surface area contributed by atoms with Crippen molar-refractivity contribution in [2.24, 2.45) is 0 Å². The van der Waals surface area contributed by atoms with Crippen molar-refractivity contribution in [3.05, 3.63) is 20.8 Å². The highest BCUT2D eigenvalue weighted by Crippen LogP contribution is 2.24. The maximum atomic E-state index is 3.58. The highest BCUT2D eigenvalue weighted by atomic mass is 79.9. The fourth-order valence-corrected chi connectivity index (χ4v) is 3.90. The van der Waals surface area contributed by atoms with E-state index in [1.807, 2.05) is 0 Å². The van der Waals surface area contributed by atoms with Crippen LogP contribution in [0.3, 0.4) is 0 Å². The Bertz CT molecular complexity index is 424. The molecule has 0 amide bonds. The normalized spacial score (nSPS) is 10.5. The Morgan fingerprint density at radius 3 is 2.05 bits per heavy atom. The van der Waals surface area contributed by atoms with Crippen LogP contribution in [0.15, 0.2) is 15.2 Å². The van der Waals surface area contributed by atoms with Crippen molar-refractivity contribution >= 4 is 27.3 Å². The molecule has 2 heteroatoms. The Labute approximate surface area is 150 Å². The molecule has 1 heterocycles. The smallest absolute Gasteiger partial charge is 0.0730 e. The van der Waals surface area contributed by atoms with Crippen LogP contribution in [0.25, 0.3) is 0 Å². The van der Waals surface area contributed by atoms with Crippen LogP contribution in [-0.2, 0) is 6.42 Å². The lowest BCUT2D eigenvalue weighted by atomic mass is 10.1. The predicted molar refractivity (Wildman–Crippen MR) is 105 cm³/mol. The molecule has 0 aromatic carbocycles. The minimum Gasteiger partial charge on any atom is -0.137 e. The Morgan fingerprint density at radius 1 is 0.864 bits per heavy atom. The molecule has 0 radical (unpaired) electrons. The summed E-state index contributed by atoms with van der Waals surface area (Å²) in [6, 6.07) is 2.19. The molecule has 0 aliphatic carbocycles. The summed E-state index contributed by atoms with van der Waals surface area (Å²) < 4.78 is 1.27. The predicted octanol–water partition coefficient (Wildman–Crippen LogP) is 7.76. The van der Waals surface area contributed by atoms with Crippen molar-refractivity contribution in [1.29, 1.82) is 0 Å². The third-order valence-electron chi connectivity index (χ3n) is 3.99. The molecule has 0 unspecified atom stereocenters. The first-order chi connectivity index (χ1) is 10.8. The number of aryl methyl sites for hydroxylation is 1. The lowest BCUT2D eigenvalue weighted by Crippen LogP contribution is -1.82. The van der Waals surface area contributed by atoms with E-state index in [2.05, 4.69) is 46.1 Å². The van der Waals surface area contributed by atoms with E-state index in [-0.39, 0.29) is 0 Å². The van der Waals surface area contributed by atoms with Crippen LogP contribution < -0.4 is 0 Å². The summed E-state index contributed by atoms with van der Waals surface area (Å²) in [5, 5.41) is 2.14. The molecule has 0 bridgehead atoms. The fraction of sp³-hybridized carbons (Fsp3) is 0.700. The van der Waals surface area contributed by atoms with Gasteiger partial charge in [-0.3, -0.25) is 0 Å². The first-order valence-electron chi connectivity index (χ1n) is 9.02. The summed E-state index contributed by atoms with van der Waals surface area (Å²) in [5.74, 6) is 6.65. The second kappa shape index (κ2) is 14.3. The molecule has 0 spiro atoms. The van der Waals surface area contributed by atoms with E-state index in [4.69, 9.17) is 0 Å². The van der Waals surface area contributed by atoms with E-state index in [1.165, 1.54) is 73.6 Å². The monoisotopic (exact) mass is 382 g/mol. The van der Waals surface area contributed by atoms with Crippen molar-refractivity contribution in [3.8, 4) is 11.8 Å². The molecular formula is C20H31BrS. The summed E-state index contributed by atoms with van der Waals surface area (Å²) in [4.78, 5) is 0. The highest BCUT2D eigenvalue weighted by Gasteiger charge is 1.98. The zero-order chi connectivity index (χ0) is 15.9. The van der Waals surface area contributed by atoms with Crippen LogP contribution in [0.4, 0.5) is 0 Å². The van der Waals surface area contributed by atoms with Crippen LogP contribution in [0.1, 0.15) is 89.5 Å². The lowest BCUT2D eigenvalue weighted by Gasteiger charge is -2.00. The number of hydrogen-bond acceptors (Lipinski definition) is 1. The van der Waals surface area contributed by atoms with Crippen molar-refractivity contribution in [2.75, 3.05) is 0 Å². The molecule has 0 N–H and O–H groups in total. The van der Waals surface area contributed by atoms with Gasteiger partial charge in [0.25, 0.3) is 0 Å². The molecule has 0 atom stereocenters. The second-order valence-corrected chi connectivity index (χ2v) is 8.24. The standard InChI is InChI=1S/C20H31BrS/c1-2-3-4-5-6-7-8-9-10-11-12-13-14-15-16-19-17-18-22-20(19)21/h17-18H,2-12,15-16H2,1H3. The fourth-order valence-electron chi connectivity index (χ4n) is 2.57. The first-order valence-corrected chi connectivity index (χ1v) is 10.7. The zero-order valence-corrected chi connectivity index (χ0v) is 16.5. The van der Waals surface area contributed by atoms with Crippen LogP contribution >= 0.6 is 27.3 Å². The van der Waals surface area contributed by atoms with Gasteiger partial charge in [-0.15, -0.1) is 23.2 Å². The molecular weight excluding hydrogens is 352 g/mol. The van der Waals surface area contributed by atoms with Gasteiger partial charge in [0, 0.05) is 12.8 Å². The Kier molecular flexibility index (Phi) is 12.9. The molecule has 0 nitrogen and oxygen atoms in total. The number of hydrogen-bond donors (Lipinski definition) is 0. The average Bonchev–Trinajstić information content (AvgIpc) is 2.93. The molecule has 1 aromatic heterocycles. The summed E-state index contributed by atoms with van der Waals surface area (Å²) in [6.45, 7) is 2.28. The number of unbranched alkanes of at least 4 members (excludes halogenated alkanes) is 10. The first kappa shape index (κ1) is 19.8. The minimum atomic E-state index is 0.993. The van der Waals surface area contributed by atoms with Gasteiger partial charge in [-0.05, 0) is 45.8 Å². The van der Waals surface area contributed by atoms with Gasteiger partial charge in [0.05, 0.1) is 3.79 Å². The quantitative estimate of drug-likeness (QED) is 0.256. The molecule has 1 rings (SSSR count). The molecule has 0 aliphatic heterocycles. The molecule has 0 saturated carbocycles. The number of halogens is 1. The van der Waals surface area contributed by atoms with Gasteiger partial charge in [0.2, 0.25) is 0 Å². The highest BCUT2D eigenvalue weighted by molar-refractivity contribution is 9.11. The summed E-state index contributed by atoms with van der Waals surface area (Å²) in [5.41, 5.74) is 1.40. The third-order valence-corrected chi connectivity index (χ3v) is 5.80. The Hall–Kier alpha value is -0.260. The minimum absolute atomic E-state index is 0.993. The Balaban J connectivity index is 1.84. The van der Waals surface area contributed by atoms with Crippen LogP contribution in [-0.4, -0.2) is 0 Å². The SMILES string of the molecule is CCCCCCCCCCCCC#CCCc1ccsc1Br. The maximum Gasteiger partial charge on any atom is 0.0730 e. The third kappa shape index (κ3) is 10.5. The van der Waals surface area contributed by atoms with E-state index >= 15 is 0 Å². The van der Waals surface area contributed by atoms with Gasteiger partial charge >= 0.3 is 0 Å². The molecule has 124 valence electrons. The number of thiophene rings is 1. The van der Waals surface area contributed by atoms with Crippen LogP contribution in [0.2, 0.25) is 0 Å². The Morgan fingerprint density at radius 2 is 1.45 bits per heavy atom. The summed E-state index contributed by atoms with van der Waals surface area (Å²) in [6.07, 6.45) is 17.2. The molecule has 22 heavy (non-hydrogen) atoms. The molecule has 0 saturated heterocycles. The van der Waals surface area contributed by atoms with Crippen molar-refractivity contribution in [1.82, 2.24) is 0 Å². The van der Waals surface area contributed by atoms with Gasteiger partial charge in [-0.25, -0.2) is 0 Å². The second-order valence-electron chi connectivity index (χ2n) is 6.01. The average molecular weight is 383 g/mol. The van der Waals surface area contributed by atoms with Crippen LogP contribution in [0.5, 0.6) is 0 Å². The van der Waals surface area contributed by atoms with E-state index in [0.717, 1.165) is 19.3 Å². The van der Waals surface area contributed by atoms with Gasteiger partial charge < -0.3 is 0 Å². The topological polar surface area (TPSA) is 0 Å². The van der Waals surface area contributed by atoms with E-state index in [0.29, 0.717) is 0 Å². The van der Waals surface area contributed by atoms with Crippen molar-refractivity contribution in [2.45, 2.75) is 90.4 Å². The summed E-state index contributed by atoms with van der Waals surface area (Å²) >= 11 is 5.34. The lowest BCUT2D eigenvalue weighted by molar-refractivity contribution is 0.558. The van der Waals surface area contributed by atoms with Gasteiger partial charge in [0.15, 0.2) is 0 Å². The van der Waals surface area contributed by atoms with Crippen molar-refractivity contribution in [3.63, 3.8) is 0 Å². The van der Waals surface area contributed by atoms with Gasteiger partial charge in [-0.2, -0.15) is 0 Å². The van der Waals surface area contributed by atoms with Crippen molar-refractivity contribution < 1.29 is 0 Å². The molecule has 1 aromatic rings. The largest absolute Gasteiger partial charge is 0.137 e. The van der Waals surface area contributed by atoms with Gasteiger partial charge in [0.1, 0.15) is 0 Å². The van der Waals surface area contributed by atoms with Gasteiger partial charge in [-0.1, -0.05) is 64.7 Å². The number of rotatable bonds is 12. The van der Waals surface area contributed by atoms with Crippen LogP contribution in [0, 0.1) is 11.8 Å². The zero-order valence-electron chi connectivity index (χ0n) is 14.1. The maximum absolute atomic E-state index is 3.58. The van der Waals surface area contributed by atoms with E-state index in [9.17, 15) is 0 Å². The molecule has 0 aliphatic rings. The van der Waals surface area contributed by atoms with E-state index < -0.39 is 0 Å². The van der Waals surface area contributed by atoms with E-state index in [1.54, 1.807) is 11.3 Å².